The largest absolute Gasteiger partial charge is 0.422 e. The number of pyridine rings is 1. The average molecular weight is 395 g/mol. The van der Waals surface area contributed by atoms with Crippen LogP contribution in [0, 0.1) is 6.92 Å². The number of aryl methyl sites for hydroxylation is 1. The minimum absolute atomic E-state index is 0.401. The SMILES string of the molecule is Cc1cccc(C(=O)Oc2ccc(Br)cc2C=Nc2cccnc2)c1. The predicted octanol–water partition coefficient (Wildman–Crippen LogP) is 5.12. The molecule has 2 aromatic carbocycles. The molecule has 0 bridgehead atoms. The van der Waals surface area contributed by atoms with Crippen molar-refractivity contribution in [1.29, 1.82) is 0 Å². The summed E-state index contributed by atoms with van der Waals surface area (Å²) in [7, 11) is 0. The van der Waals surface area contributed by atoms with E-state index >= 15 is 0 Å². The van der Waals surface area contributed by atoms with Crippen LogP contribution in [0.1, 0.15) is 21.5 Å². The molecule has 0 radical (unpaired) electrons. The zero-order valence-corrected chi connectivity index (χ0v) is 15.1. The summed E-state index contributed by atoms with van der Waals surface area (Å²) in [5.41, 5.74) is 2.93. The fraction of sp³-hybridized carbons (Fsp3) is 0.0500. The summed E-state index contributed by atoms with van der Waals surface area (Å²) in [6.45, 7) is 1.93. The van der Waals surface area contributed by atoms with E-state index in [9.17, 15) is 4.79 Å². The molecule has 3 rings (SSSR count). The Morgan fingerprint density at radius 1 is 1.16 bits per heavy atom. The number of carbonyl (C=O) groups excluding carboxylic acids is 1. The van der Waals surface area contributed by atoms with Crippen LogP contribution in [0.5, 0.6) is 5.75 Å². The summed E-state index contributed by atoms with van der Waals surface area (Å²) < 4.78 is 6.43. The lowest BCUT2D eigenvalue weighted by molar-refractivity contribution is 0.0734. The lowest BCUT2D eigenvalue weighted by atomic mass is 10.1. The van der Waals surface area contributed by atoms with Gasteiger partial charge in [0.25, 0.3) is 0 Å². The Morgan fingerprint density at radius 3 is 2.80 bits per heavy atom. The Morgan fingerprint density at radius 2 is 2.04 bits per heavy atom. The molecule has 0 saturated heterocycles. The standard InChI is InChI=1S/C20H15BrN2O2/c1-14-4-2-5-15(10-14)20(24)25-19-8-7-17(21)11-16(19)12-23-18-6-3-9-22-13-18/h2-13H,1H3. The maximum absolute atomic E-state index is 12.4. The number of esters is 1. The Labute approximate surface area is 154 Å². The Kier molecular flexibility index (Phi) is 5.36. The first kappa shape index (κ1) is 17.0. The molecular formula is C20H15BrN2O2. The number of aromatic nitrogens is 1. The van der Waals surface area contributed by atoms with Crippen molar-refractivity contribution in [3.8, 4) is 5.75 Å². The van der Waals surface area contributed by atoms with Gasteiger partial charge in [-0.05, 0) is 49.4 Å². The molecule has 0 N–H and O–H groups in total. The van der Waals surface area contributed by atoms with Crippen molar-refractivity contribution in [2.75, 3.05) is 0 Å². The summed E-state index contributed by atoms with van der Waals surface area (Å²) in [5.74, 6) is 0.0457. The van der Waals surface area contributed by atoms with E-state index < -0.39 is 5.97 Å². The zero-order valence-electron chi connectivity index (χ0n) is 13.5. The van der Waals surface area contributed by atoms with Gasteiger partial charge in [-0.1, -0.05) is 33.6 Å². The normalized spacial score (nSPS) is 10.8. The Bertz CT molecular complexity index is 924. The smallest absolute Gasteiger partial charge is 0.343 e. The molecule has 0 aliphatic heterocycles. The molecule has 124 valence electrons. The van der Waals surface area contributed by atoms with Gasteiger partial charge in [0.2, 0.25) is 0 Å². The molecule has 0 amide bonds. The van der Waals surface area contributed by atoms with E-state index in [1.807, 2.05) is 43.3 Å². The van der Waals surface area contributed by atoms with Gasteiger partial charge < -0.3 is 4.74 Å². The van der Waals surface area contributed by atoms with E-state index in [1.165, 1.54) is 0 Å². The van der Waals surface area contributed by atoms with Crippen LogP contribution in [0.4, 0.5) is 5.69 Å². The minimum Gasteiger partial charge on any atom is -0.422 e. The van der Waals surface area contributed by atoms with Gasteiger partial charge in [0, 0.05) is 22.4 Å². The van der Waals surface area contributed by atoms with Crippen molar-refractivity contribution < 1.29 is 9.53 Å². The lowest BCUT2D eigenvalue weighted by Crippen LogP contribution is -2.10. The second-order valence-electron chi connectivity index (χ2n) is 5.41. The van der Waals surface area contributed by atoms with Crippen LogP contribution < -0.4 is 4.74 Å². The van der Waals surface area contributed by atoms with Gasteiger partial charge in [-0.2, -0.15) is 0 Å². The van der Waals surface area contributed by atoms with Gasteiger partial charge in [-0.3, -0.25) is 9.98 Å². The molecule has 4 nitrogen and oxygen atoms in total. The van der Waals surface area contributed by atoms with Gasteiger partial charge in [0.15, 0.2) is 0 Å². The molecule has 0 saturated carbocycles. The molecule has 0 aliphatic rings. The molecule has 0 aliphatic carbocycles. The van der Waals surface area contributed by atoms with Crippen molar-refractivity contribution in [2.24, 2.45) is 4.99 Å². The van der Waals surface area contributed by atoms with Gasteiger partial charge in [-0.15, -0.1) is 0 Å². The molecule has 0 spiro atoms. The highest BCUT2D eigenvalue weighted by molar-refractivity contribution is 9.10. The van der Waals surface area contributed by atoms with Crippen molar-refractivity contribution >= 4 is 33.8 Å². The maximum atomic E-state index is 12.4. The van der Waals surface area contributed by atoms with Crippen molar-refractivity contribution in [3.63, 3.8) is 0 Å². The van der Waals surface area contributed by atoms with Crippen LogP contribution in [0.25, 0.3) is 0 Å². The van der Waals surface area contributed by atoms with Gasteiger partial charge in [0.05, 0.1) is 17.4 Å². The third-order valence-corrected chi connectivity index (χ3v) is 3.92. The third-order valence-electron chi connectivity index (χ3n) is 3.43. The quantitative estimate of drug-likeness (QED) is 0.350. The van der Waals surface area contributed by atoms with E-state index in [0.717, 1.165) is 15.7 Å². The lowest BCUT2D eigenvalue weighted by Gasteiger charge is -2.08. The molecule has 0 atom stereocenters. The topological polar surface area (TPSA) is 51.5 Å². The summed E-state index contributed by atoms with van der Waals surface area (Å²) in [4.78, 5) is 20.8. The van der Waals surface area contributed by atoms with Gasteiger partial charge >= 0.3 is 5.97 Å². The monoisotopic (exact) mass is 394 g/mol. The first-order valence-corrected chi connectivity index (χ1v) is 8.43. The molecular weight excluding hydrogens is 380 g/mol. The van der Waals surface area contributed by atoms with E-state index in [2.05, 4.69) is 25.9 Å². The highest BCUT2D eigenvalue weighted by Gasteiger charge is 2.11. The van der Waals surface area contributed by atoms with Crippen LogP contribution >= 0.6 is 15.9 Å². The fourth-order valence-corrected chi connectivity index (χ4v) is 2.60. The van der Waals surface area contributed by atoms with E-state index in [1.54, 1.807) is 36.8 Å². The van der Waals surface area contributed by atoms with Crippen molar-refractivity contribution in [2.45, 2.75) is 6.92 Å². The van der Waals surface area contributed by atoms with Crippen molar-refractivity contribution in [3.05, 3.63) is 88.2 Å². The number of aliphatic imine (C=N–C) groups is 1. The van der Waals surface area contributed by atoms with E-state index in [4.69, 9.17) is 4.74 Å². The molecule has 0 unspecified atom stereocenters. The average Bonchev–Trinajstić information content (AvgIpc) is 2.62. The first-order valence-electron chi connectivity index (χ1n) is 7.64. The summed E-state index contributed by atoms with van der Waals surface area (Å²) >= 11 is 3.43. The van der Waals surface area contributed by atoms with E-state index in [0.29, 0.717) is 16.9 Å². The predicted molar refractivity (Wildman–Crippen MR) is 102 cm³/mol. The number of hydrogen-bond acceptors (Lipinski definition) is 4. The number of hydrogen-bond donors (Lipinski definition) is 0. The molecule has 1 heterocycles. The number of carbonyl (C=O) groups is 1. The third kappa shape index (κ3) is 4.61. The van der Waals surface area contributed by atoms with Crippen LogP contribution in [-0.2, 0) is 0 Å². The number of rotatable bonds is 4. The highest BCUT2D eigenvalue weighted by atomic mass is 79.9. The second kappa shape index (κ2) is 7.85. The summed E-state index contributed by atoms with van der Waals surface area (Å²) in [6.07, 6.45) is 5.00. The zero-order chi connectivity index (χ0) is 17.6. The van der Waals surface area contributed by atoms with Crippen LogP contribution in [0.15, 0.2) is 76.5 Å². The molecule has 25 heavy (non-hydrogen) atoms. The first-order chi connectivity index (χ1) is 12.1. The molecule has 1 aromatic heterocycles. The molecule has 0 fully saturated rings. The van der Waals surface area contributed by atoms with Crippen LogP contribution in [-0.4, -0.2) is 17.2 Å². The van der Waals surface area contributed by atoms with Crippen molar-refractivity contribution in [1.82, 2.24) is 4.98 Å². The minimum atomic E-state index is -0.401. The number of halogens is 1. The molecule has 5 heteroatoms. The van der Waals surface area contributed by atoms with Gasteiger partial charge in [0.1, 0.15) is 5.75 Å². The number of ether oxygens (including phenoxy) is 1. The maximum Gasteiger partial charge on any atom is 0.343 e. The van der Waals surface area contributed by atoms with Crippen LogP contribution in [0.2, 0.25) is 0 Å². The number of benzene rings is 2. The van der Waals surface area contributed by atoms with Crippen LogP contribution in [0.3, 0.4) is 0 Å². The number of nitrogens with zero attached hydrogens (tertiary/aromatic N) is 2. The van der Waals surface area contributed by atoms with Gasteiger partial charge in [-0.25, -0.2) is 4.79 Å². The summed E-state index contributed by atoms with van der Waals surface area (Å²) in [6, 6.07) is 16.4. The fourth-order valence-electron chi connectivity index (χ4n) is 2.22. The van der Waals surface area contributed by atoms with E-state index in [-0.39, 0.29) is 0 Å². The molecule has 3 aromatic rings. The Hall–Kier alpha value is -2.79. The highest BCUT2D eigenvalue weighted by Crippen LogP contribution is 2.24. The second-order valence-corrected chi connectivity index (χ2v) is 6.33. The Balaban J connectivity index is 1.86. The summed E-state index contributed by atoms with van der Waals surface area (Å²) in [5, 5.41) is 0.